The third-order valence-electron chi connectivity index (χ3n) is 5.22. The molecule has 140 valence electrons. The van der Waals surface area contributed by atoms with Gasteiger partial charge in [0.2, 0.25) is 5.91 Å². The summed E-state index contributed by atoms with van der Waals surface area (Å²) in [6.45, 7) is 3.84. The lowest BCUT2D eigenvalue weighted by Crippen LogP contribution is -2.48. The molecule has 0 radical (unpaired) electrons. The monoisotopic (exact) mass is 451 g/mol. The van der Waals surface area contributed by atoms with Gasteiger partial charge in [-0.05, 0) is 38.6 Å². The zero-order valence-corrected chi connectivity index (χ0v) is 17.5. The van der Waals surface area contributed by atoms with Gasteiger partial charge in [-0.15, -0.1) is 24.0 Å². The highest BCUT2D eigenvalue weighted by molar-refractivity contribution is 14.0. The van der Waals surface area contributed by atoms with Gasteiger partial charge in [-0.1, -0.05) is 12.8 Å². The molecule has 2 fully saturated rings. The van der Waals surface area contributed by atoms with Crippen molar-refractivity contribution >= 4 is 35.8 Å². The summed E-state index contributed by atoms with van der Waals surface area (Å²) >= 11 is 0. The lowest BCUT2D eigenvalue weighted by Gasteiger charge is -2.35. The second kappa shape index (κ2) is 11.1. The van der Waals surface area contributed by atoms with Crippen LogP contribution in [0.25, 0.3) is 0 Å². The number of aliphatic imine (C=N–C) groups is 1. The Hall–Kier alpha value is -0.570. The summed E-state index contributed by atoms with van der Waals surface area (Å²) in [6, 6.07) is 0.758. The van der Waals surface area contributed by atoms with Crippen molar-refractivity contribution in [3.05, 3.63) is 0 Å². The molecule has 7 heteroatoms. The molecule has 0 aromatic rings. The van der Waals surface area contributed by atoms with Crippen molar-refractivity contribution in [1.82, 2.24) is 15.1 Å². The van der Waals surface area contributed by atoms with E-state index in [0.717, 1.165) is 51.0 Å². The molecule has 6 nitrogen and oxygen atoms in total. The predicted octanol–water partition coefficient (Wildman–Crippen LogP) is 1.64. The third-order valence-corrected chi connectivity index (χ3v) is 5.22. The van der Waals surface area contributed by atoms with Gasteiger partial charge in [0.25, 0.3) is 0 Å². The topological polar surface area (TPSA) is 74.0 Å². The average molecular weight is 451 g/mol. The molecule has 0 spiro atoms. The van der Waals surface area contributed by atoms with Crippen LogP contribution in [-0.4, -0.2) is 68.0 Å². The van der Waals surface area contributed by atoms with Gasteiger partial charge in [-0.2, -0.15) is 0 Å². The number of piperidine rings is 1. The van der Waals surface area contributed by atoms with Crippen LogP contribution in [0.15, 0.2) is 4.99 Å². The Morgan fingerprint density at radius 3 is 2.62 bits per heavy atom. The molecule has 2 aliphatic rings. The van der Waals surface area contributed by atoms with E-state index in [1.54, 1.807) is 0 Å². The van der Waals surface area contributed by atoms with Gasteiger partial charge in [-0.3, -0.25) is 9.79 Å². The van der Waals surface area contributed by atoms with Gasteiger partial charge in [0.15, 0.2) is 5.96 Å². The van der Waals surface area contributed by atoms with Crippen molar-refractivity contribution in [2.75, 3.05) is 40.3 Å². The molecule has 1 atom stereocenters. The van der Waals surface area contributed by atoms with Gasteiger partial charge in [0.05, 0.1) is 0 Å². The van der Waals surface area contributed by atoms with Crippen LogP contribution in [0.2, 0.25) is 0 Å². The molecule has 0 aromatic heterocycles. The molecule has 1 aliphatic carbocycles. The number of hydrogen-bond donors (Lipinski definition) is 2. The van der Waals surface area contributed by atoms with Crippen LogP contribution in [0.3, 0.4) is 0 Å². The molecule has 1 saturated carbocycles. The number of nitrogens with two attached hydrogens (primary N) is 1. The Bertz CT molecular complexity index is 412. The number of amides is 1. The Labute approximate surface area is 163 Å². The fourth-order valence-electron chi connectivity index (χ4n) is 3.91. The fraction of sp³-hybridized carbons (Fsp3) is 0.882. The van der Waals surface area contributed by atoms with Crippen LogP contribution in [0.5, 0.6) is 0 Å². The van der Waals surface area contributed by atoms with E-state index < -0.39 is 0 Å². The minimum absolute atomic E-state index is 0. The van der Waals surface area contributed by atoms with Crippen molar-refractivity contribution in [2.24, 2.45) is 16.6 Å². The van der Waals surface area contributed by atoms with Crippen molar-refractivity contribution in [3.8, 4) is 0 Å². The highest BCUT2D eigenvalue weighted by Crippen LogP contribution is 2.22. The van der Waals surface area contributed by atoms with E-state index in [1.807, 2.05) is 7.05 Å². The summed E-state index contributed by atoms with van der Waals surface area (Å²) in [5.74, 6) is 1.12. The van der Waals surface area contributed by atoms with E-state index in [1.165, 1.54) is 25.7 Å². The number of likely N-dealkylation sites (N-methyl/N-ethyl adjacent to an activating group) is 1. The number of nitrogens with zero attached hydrogens (tertiary/aromatic N) is 3. The van der Waals surface area contributed by atoms with Crippen LogP contribution in [0, 0.1) is 5.92 Å². The first-order chi connectivity index (χ1) is 11.1. The number of carbonyl (C=O) groups is 1. The molecule has 1 saturated heterocycles. The molecule has 24 heavy (non-hydrogen) atoms. The molecule has 1 heterocycles. The number of primary amides is 1. The van der Waals surface area contributed by atoms with Gasteiger partial charge in [0, 0.05) is 45.7 Å². The first-order valence-corrected chi connectivity index (χ1v) is 9.04. The van der Waals surface area contributed by atoms with E-state index in [9.17, 15) is 4.79 Å². The number of rotatable bonds is 6. The number of likely N-dealkylation sites (tertiary alicyclic amines) is 1. The van der Waals surface area contributed by atoms with E-state index in [2.05, 4.69) is 27.2 Å². The Morgan fingerprint density at radius 2 is 2.00 bits per heavy atom. The third kappa shape index (κ3) is 6.74. The summed E-state index contributed by atoms with van der Waals surface area (Å²) < 4.78 is 0. The van der Waals surface area contributed by atoms with Gasteiger partial charge >= 0.3 is 0 Å². The maximum absolute atomic E-state index is 11.1. The Kier molecular flexibility index (Phi) is 9.95. The van der Waals surface area contributed by atoms with E-state index in [4.69, 9.17) is 5.73 Å². The van der Waals surface area contributed by atoms with Crippen LogP contribution >= 0.6 is 24.0 Å². The van der Waals surface area contributed by atoms with Crippen molar-refractivity contribution in [3.63, 3.8) is 0 Å². The van der Waals surface area contributed by atoms with Crippen molar-refractivity contribution in [1.29, 1.82) is 0 Å². The number of halogens is 1. The number of carbonyl (C=O) groups excluding carboxylic acids is 1. The lowest BCUT2D eigenvalue weighted by atomic mass is 9.95. The average Bonchev–Trinajstić information content (AvgIpc) is 3.05. The minimum Gasteiger partial charge on any atom is -0.370 e. The second-order valence-electron chi connectivity index (χ2n) is 7.02. The van der Waals surface area contributed by atoms with Crippen LogP contribution in [0.1, 0.15) is 44.9 Å². The molecule has 0 aromatic carbocycles. The van der Waals surface area contributed by atoms with E-state index in [-0.39, 0.29) is 29.9 Å². The van der Waals surface area contributed by atoms with Crippen molar-refractivity contribution in [2.45, 2.75) is 51.0 Å². The van der Waals surface area contributed by atoms with E-state index >= 15 is 0 Å². The number of hydrogen-bond acceptors (Lipinski definition) is 3. The van der Waals surface area contributed by atoms with Gasteiger partial charge in [-0.25, -0.2) is 0 Å². The smallest absolute Gasteiger partial charge is 0.217 e. The highest BCUT2D eigenvalue weighted by atomic mass is 127. The Balaban J connectivity index is 0.00000288. The molecule has 1 aliphatic heterocycles. The molecule has 2 rings (SSSR count). The number of guanidine groups is 1. The van der Waals surface area contributed by atoms with Gasteiger partial charge in [0.1, 0.15) is 0 Å². The zero-order valence-electron chi connectivity index (χ0n) is 15.2. The normalized spacial score (nSPS) is 22.5. The standard InChI is InChI=1S/C17H33N5O.HI/c1-19-17(20-9-11-21(2)15-7-3-4-8-15)22-10-5-6-14(13-22)12-16(18)23;/h14-15H,3-13H2,1-2H3,(H2,18,23)(H,19,20);1H. The predicted molar refractivity (Wildman–Crippen MR) is 110 cm³/mol. The highest BCUT2D eigenvalue weighted by Gasteiger charge is 2.24. The van der Waals surface area contributed by atoms with Crippen LogP contribution in [0.4, 0.5) is 0 Å². The summed E-state index contributed by atoms with van der Waals surface area (Å²) in [7, 11) is 4.06. The summed E-state index contributed by atoms with van der Waals surface area (Å²) in [5.41, 5.74) is 5.34. The summed E-state index contributed by atoms with van der Waals surface area (Å²) in [4.78, 5) is 20.3. The van der Waals surface area contributed by atoms with Crippen molar-refractivity contribution < 1.29 is 4.79 Å². The SMILES string of the molecule is CN=C(NCCN(C)C1CCCC1)N1CCCC(CC(N)=O)C1.I. The summed E-state index contributed by atoms with van der Waals surface area (Å²) in [5, 5.41) is 3.49. The largest absolute Gasteiger partial charge is 0.370 e. The molecule has 0 bridgehead atoms. The quantitative estimate of drug-likeness (QED) is 0.366. The lowest BCUT2D eigenvalue weighted by molar-refractivity contribution is -0.119. The maximum Gasteiger partial charge on any atom is 0.217 e. The molecular weight excluding hydrogens is 417 g/mol. The van der Waals surface area contributed by atoms with Crippen LogP contribution in [-0.2, 0) is 4.79 Å². The maximum atomic E-state index is 11.1. The fourth-order valence-corrected chi connectivity index (χ4v) is 3.91. The molecule has 1 unspecified atom stereocenters. The molecule has 1 amide bonds. The second-order valence-corrected chi connectivity index (χ2v) is 7.02. The first kappa shape index (κ1) is 21.5. The zero-order chi connectivity index (χ0) is 16.7. The summed E-state index contributed by atoms with van der Waals surface area (Å²) in [6.07, 6.45) is 8.09. The first-order valence-electron chi connectivity index (χ1n) is 9.04. The van der Waals surface area contributed by atoms with E-state index in [0.29, 0.717) is 12.3 Å². The number of nitrogens with one attached hydrogen (secondary N) is 1. The van der Waals surface area contributed by atoms with Gasteiger partial charge < -0.3 is 20.9 Å². The van der Waals surface area contributed by atoms with Crippen LogP contribution < -0.4 is 11.1 Å². The Morgan fingerprint density at radius 1 is 1.29 bits per heavy atom. The molecular formula is C17H34IN5O. The molecule has 3 N–H and O–H groups in total. The minimum atomic E-state index is -0.196.